The van der Waals surface area contributed by atoms with Crippen LogP contribution in [0.4, 0.5) is 0 Å². The minimum atomic E-state index is -0.0304. The van der Waals surface area contributed by atoms with Crippen molar-refractivity contribution < 1.29 is 15.0 Å². The van der Waals surface area contributed by atoms with Crippen molar-refractivity contribution in [2.45, 2.75) is 117 Å². The van der Waals surface area contributed by atoms with Crippen molar-refractivity contribution in [3.05, 3.63) is 0 Å². The van der Waals surface area contributed by atoms with Gasteiger partial charge in [0, 0.05) is 6.42 Å². The highest BCUT2D eigenvalue weighted by atomic mass is 16.5. The fraction of sp³-hybridized carbons (Fsp3) is 0.950. The molecule has 23 heavy (non-hydrogen) atoms. The molecule has 0 atom stereocenters. The Hall–Kier alpha value is -0.570. The summed E-state index contributed by atoms with van der Waals surface area (Å²) in [6.45, 7) is 4.66. The van der Waals surface area contributed by atoms with Gasteiger partial charge in [-0.1, -0.05) is 96.8 Å². The van der Waals surface area contributed by atoms with Crippen LogP contribution >= 0.6 is 0 Å². The molecule has 0 amide bonds. The maximum atomic E-state index is 11.2. The zero-order valence-electron chi connectivity index (χ0n) is 15.8. The van der Waals surface area contributed by atoms with Crippen molar-refractivity contribution in [3.63, 3.8) is 0 Å². The zero-order chi connectivity index (χ0) is 16.3. The fourth-order valence-electron chi connectivity index (χ4n) is 2.87. The molecule has 0 aromatic carbocycles. The van der Waals surface area contributed by atoms with Crippen molar-refractivity contribution in [3.8, 4) is 0 Å². The molecular weight excluding hydrogens is 288 g/mol. The Morgan fingerprint density at radius 2 is 0.957 bits per heavy atom. The third-order valence-corrected chi connectivity index (χ3v) is 4.29. The third-order valence-electron chi connectivity index (χ3n) is 4.29. The number of carbonyl (C=O) groups excluding carboxylic acids is 1. The molecular formula is C20H42O3. The van der Waals surface area contributed by atoms with Crippen LogP contribution in [0.15, 0.2) is 0 Å². The van der Waals surface area contributed by atoms with Gasteiger partial charge in [-0.2, -0.15) is 0 Å². The number of rotatable bonds is 17. The Morgan fingerprint density at radius 1 is 0.609 bits per heavy atom. The van der Waals surface area contributed by atoms with E-state index in [-0.39, 0.29) is 11.4 Å². The summed E-state index contributed by atoms with van der Waals surface area (Å²) >= 11 is 0. The van der Waals surface area contributed by atoms with Crippen LogP contribution in [0.1, 0.15) is 117 Å². The van der Waals surface area contributed by atoms with Crippen LogP contribution in [0.2, 0.25) is 0 Å². The summed E-state index contributed by atoms with van der Waals surface area (Å²) in [5.41, 5.74) is 0. The molecule has 2 N–H and O–H groups in total. The van der Waals surface area contributed by atoms with Gasteiger partial charge in [0.25, 0.3) is 0 Å². The van der Waals surface area contributed by atoms with Crippen molar-refractivity contribution in [2.24, 2.45) is 0 Å². The number of carbonyl (C=O) groups is 1. The molecule has 0 saturated heterocycles. The summed E-state index contributed by atoms with van der Waals surface area (Å²) in [4.78, 5) is 11.2. The average Bonchev–Trinajstić information content (AvgIpc) is 2.51. The topological polar surface area (TPSA) is 57.8 Å². The molecule has 0 fully saturated rings. The summed E-state index contributed by atoms with van der Waals surface area (Å²) < 4.78 is 4.92. The summed E-state index contributed by atoms with van der Waals surface area (Å²) in [6, 6.07) is 0. The maximum absolute atomic E-state index is 11.2. The Balaban J connectivity index is 0. The van der Waals surface area contributed by atoms with Gasteiger partial charge in [-0.3, -0.25) is 4.79 Å². The molecule has 0 rings (SSSR count). The van der Waals surface area contributed by atoms with E-state index in [0.717, 1.165) is 6.42 Å². The van der Waals surface area contributed by atoms with Gasteiger partial charge in [0.05, 0.1) is 6.61 Å². The van der Waals surface area contributed by atoms with Gasteiger partial charge in [0.1, 0.15) is 0 Å². The lowest BCUT2D eigenvalue weighted by atomic mass is 10.0. The average molecular weight is 331 g/mol. The van der Waals surface area contributed by atoms with Gasteiger partial charge in [-0.05, 0) is 13.3 Å². The Labute approximate surface area is 144 Å². The largest absolute Gasteiger partial charge is 0.466 e. The second-order valence-electron chi connectivity index (χ2n) is 6.50. The predicted molar refractivity (Wildman–Crippen MR) is 99.8 cm³/mol. The number of unbranched alkanes of at least 4 members (excludes halogenated alkanes) is 14. The van der Waals surface area contributed by atoms with E-state index in [1.165, 1.54) is 89.9 Å². The molecule has 3 nitrogen and oxygen atoms in total. The van der Waals surface area contributed by atoms with E-state index in [2.05, 4.69) is 6.92 Å². The van der Waals surface area contributed by atoms with Crippen molar-refractivity contribution in [2.75, 3.05) is 6.61 Å². The van der Waals surface area contributed by atoms with E-state index in [0.29, 0.717) is 13.0 Å². The van der Waals surface area contributed by atoms with Gasteiger partial charge in [0.15, 0.2) is 0 Å². The lowest BCUT2D eigenvalue weighted by molar-refractivity contribution is -0.143. The zero-order valence-corrected chi connectivity index (χ0v) is 15.8. The predicted octanol–water partition coefficient (Wildman–Crippen LogP) is 5.99. The molecule has 0 aromatic heterocycles. The Bertz CT molecular complexity index is 229. The molecule has 0 aromatic rings. The first kappa shape index (κ1) is 24.7. The van der Waals surface area contributed by atoms with Gasteiger partial charge < -0.3 is 10.2 Å². The quantitative estimate of drug-likeness (QED) is 0.243. The van der Waals surface area contributed by atoms with E-state index in [4.69, 9.17) is 4.74 Å². The van der Waals surface area contributed by atoms with Crippen molar-refractivity contribution >= 4 is 5.97 Å². The van der Waals surface area contributed by atoms with Crippen LogP contribution in [0.5, 0.6) is 0 Å². The molecule has 0 aliphatic heterocycles. The minimum absolute atomic E-state index is 0. The molecule has 0 unspecified atom stereocenters. The molecule has 0 aliphatic carbocycles. The highest BCUT2D eigenvalue weighted by Gasteiger charge is 2.00. The smallest absolute Gasteiger partial charge is 0.305 e. The van der Waals surface area contributed by atoms with Crippen LogP contribution < -0.4 is 0 Å². The highest BCUT2D eigenvalue weighted by molar-refractivity contribution is 5.69. The summed E-state index contributed by atoms with van der Waals surface area (Å²) in [5.74, 6) is -0.0304. The van der Waals surface area contributed by atoms with E-state index in [9.17, 15) is 4.79 Å². The second-order valence-corrected chi connectivity index (χ2v) is 6.50. The van der Waals surface area contributed by atoms with E-state index in [1.54, 1.807) is 0 Å². The number of ether oxygens (including phenoxy) is 1. The lowest BCUT2D eigenvalue weighted by Crippen LogP contribution is -2.03. The molecule has 0 spiro atoms. The third kappa shape index (κ3) is 21.4. The van der Waals surface area contributed by atoms with Gasteiger partial charge in [-0.25, -0.2) is 0 Å². The van der Waals surface area contributed by atoms with Gasteiger partial charge in [0.2, 0.25) is 0 Å². The van der Waals surface area contributed by atoms with Gasteiger partial charge >= 0.3 is 5.97 Å². The SMILES string of the molecule is CCCCCCCCCCCCCCCCCC(=O)OCC.O. The van der Waals surface area contributed by atoms with Crippen LogP contribution in [-0.2, 0) is 9.53 Å². The van der Waals surface area contributed by atoms with Crippen LogP contribution in [0.25, 0.3) is 0 Å². The van der Waals surface area contributed by atoms with Crippen molar-refractivity contribution in [1.29, 1.82) is 0 Å². The molecule has 0 heterocycles. The lowest BCUT2D eigenvalue weighted by Gasteiger charge is -2.03. The second kappa shape index (κ2) is 21.4. The number of hydrogen-bond donors (Lipinski definition) is 0. The van der Waals surface area contributed by atoms with E-state index in [1.807, 2.05) is 6.92 Å². The Morgan fingerprint density at radius 3 is 1.30 bits per heavy atom. The standard InChI is InChI=1S/C20H40O2.H2O/c1-3-5-6-7-8-9-10-11-12-13-14-15-16-17-18-19-20(21)22-4-2;/h3-19H2,1-2H3;1H2. The normalized spacial score (nSPS) is 10.3. The number of hydrogen-bond acceptors (Lipinski definition) is 2. The summed E-state index contributed by atoms with van der Waals surface area (Å²) in [6.07, 6.45) is 21.0. The molecule has 0 aliphatic rings. The molecule has 3 heteroatoms. The number of esters is 1. The maximum Gasteiger partial charge on any atom is 0.305 e. The van der Waals surface area contributed by atoms with Crippen molar-refractivity contribution in [1.82, 2.24) is 0 Å². The van der Waals surface area contributed by atoms with E-state index < -0.39 is 0 Å². The van der Waals surface area contributed by atoms with Crippen LogP contribution in [0.3, 0.4) is 0 Å². The summed E-state index contributed by atoms with van der Waals surface area (Å²) in [5, 5.41) is 0. The first-order valence-corrected chi connectivity index (χ1v) is 9.96. The minimum Gasteiger partial charge on any atom is -0.466 e. The van der Waals surface area contributed by atoms with Crippen LogP contribution in [0, 0.1) is 0 Å². The molecule has 140 valence electrons. The highest BCUT2D eigenvalue weighted by Crippen LogP contribution is 2.13. The monoisotopic (exact) mass is 330 g/mol. The first-order chi connectivity index (χ1) is 10.8. The van der Waals surface area contributed by atoms with Gasteiger partial charge in [-0.15, -0.1) is 0 Å². The van der Waals surface area contributed by atoms with Crippen LogP contribution in [-0.4, -0.2) is 18.1 Å². The molecule has 0 bridgehead atoms. The molecule has 0 radical (unpaired) electrons. The first-order valence-electron chi connectivity index (χ1n) is 9.96. The summed E-state index contributed by atoms with van der Waals surface area (Å²) in [7, 11) is 0. The van der Waals surface area contributed by atoms with E-state index >= 15 is 0 Å². The Kier molecular flexibility index (Phi) is 23.0. The fourth-order valence-corrected chi connectivity index (χ4v) is 2.87. The molecule has 0 saturated carbocycles.